The Balaban J connectivity index is 0.00000121. The summed E-state index contributed by atoms with van der Waals surface area (Å²) in [4.78, 5) is 4.41. The van der Waals surface area contributed by atoms with E-state index in [1.54, 1.807) is 0 Å². The fourth-order valence-electron chi connectivity index (χ4n) is 2.52. The van der Waals surface area contributed by atoms with E-state index in [1.165, 1.54) is 16.5 Å². The average Bonchev–Trinajstić information content (AvgIpc) is 2.96. The minimum Gasteiger partial charge on any atom is -0.347 e. The molecule has 0 atom stereocenters. The van der Waals surface area contributed by atoms with Crippen LogP contribution in [0.2, 0.25) is 0 Å². The molecule has 20 heavy (non-hydrogen) atoms. The molecular formula is C17H11N2Pt-. The van der Waals surface area contributed by atoms with Gasteiger partial charge in [0.25, 0.3) is 0 Å². The summed E-state index contributed by atoms with van der Waals surface area (Å²) in [6, 6.07) is 19.9. The summed E-state index contributed by atoms with van der Waals surface area (Å²) in [5, 5.41) is 2.25. The minimum absolute atomic E-state index is 0. The summed E-state index contributed by atoms with van der Waals surface area (Å²) in [6.07, 6.45) is 5.82. The van der Waals surface area contributed by atoms with E-state index in [-0.39, 0.29) is 21.1 Å². The second-order valence-electron chi connectivity index (χ2n) is 4.52. The Morgan fingerprint density at radius 2 is 1.80 bits per heavy atom. The number of pyridine rings is 1. The number of fused-ring (bicyclic) bond motifs is 3. The first-order valence-electron chi connectivity index (χ1n) is 6.25. The number of hydrogen-bond acceptors (Lipinski definition) is 1. The number of rotatable bonds is 1. The molecule has 0 fully saturated rings. The number of imidazole rings is 1. The van der Waals surface area contributed by atoms with Gasteiger partial charge in [-0.25, -0.2) is 0 Å². The summed E-state index contributed by atoms with van der Waals surface area (Å²) in [6.45, 7) is 0. The van der Waals surface area contributed by atoms with E-state index in [0.717, 1.165) is 11.0 Å². The van der Waals surface area contributed by atoms with Crippen molar-refractivity contribution >= 4 is 16.4 Å². The standard InChI is InChI=1S/C17H11N2.Pt/c1-2-5-13(6-3-1)14-7-4-8-16-15(14)9-11-19-12-10-18-17(16)19;/h1-7,9-12H;/q-1;. The maximum Gasteiger partial charge on any atom is 0.0603 e. The second-order valence-corrected chi connectivity index (χ2v) is 4.52. The topological polar surface area (TPSA) is 17.3 Å². The molecule has 3 heteroatoms. The van der Waals surface area contributed by atoms with E-state index in [2.05, 4.69) is 47.4 Å². The van der Waals surface area contributed by atoms with Crippen molar-refractivity contribution in [2.75, 3.05) is 0 Å². The van der Waals surface area contributed by atoms with Crippen LogP contribution in [0.25, 0.3) is 27.5 Å². The van der Waals surface area contributed by atoms with Gasteiger partial charge in [-0.2, -0.15) is 0 Å². The summed E-state index contributed by atoms with van der Waals surface area (Å²) in [7, 11) is 0. The van der Waals surface area contributed by atoms with Crippen LogP contribution in [0, 0.1) is 6.07 Å². The number of hydrogen-bond donors (Lipinski definition) is 0. The van der Waals surface area contributed by atoms with Gasteiger partial charge in [-0.15, -0.1) is 23.6 Å². The van der Waals surface area contributed by atoms with Crippen molar-refractivity contribution in [3.8, 4) is 11.1 Å². The molecule has 0 N–H and O–H groups in total. The van der Waals surface area contributed by atoms with Gasteiger partial charge in [0.05, 0.1) is 5.65 Å². The Hall–Kier alpha value is -1.92. The van der Waals surface area contributed by atoms with Crippen LogP contribution in [0.5, 0.6) is 0 Å². The normalized spacial score (nSPS) is 10.6. The molecule has 0 aliphatic carbocycles. The Morgan fingerprint density at radius 1 is 0.950 bits per heavy atom. The Bertz CT molecular complexity index is 866. The third kappa shape index (κ3) is 1.97. The fourth-order valence-corrected chi connectivity index (χ4v) is 2.52. The monoisotopic (exact) mass is 438 g/mol. The summed E-state index contributed by atoms with van der Waals surface area (Å²) < 4.78 is 2.02. The van der Waals surface area contributed by atoms with Crippen molar-refractivity contribution < 1.29 is 21.1 Å². The van der Waals surface area contributed by atoms with Crippen molar-refractivity contribution in [1.82, 2.24) is 9.38 Å². The van der Waals surface area contributed by atoms with Crippen LogP contribution in [0.3, 0.4) is 0 Å². The quantitative estimate of drug-likeness (QED) is 0.412. The molecule has 0 aliphatic heterocycles. The molecule has 0 unspecified atom stereocenters. The first-order valence-corrected chi connectivity index (χ1v) is 6.25. The second kappa shape index (κ2) is 5.22. The molecule has 2 aromatic heterocycles. The molecule has 2 heterocycles. The minimum atomic E-state index is 0. The van der Waals surface area contributed by atoms with Gasteiger partial charge in [-0.05, 0) is 11.8 Å². The molecule has 2 aromatic carbocycles. The van der Waals surface area contributed by atoms with Crippen LogP contribution >= 0.6 is 0 Å². The van der Waals surface area contributed by atoms with E-state index >= 15 is 0 Å². The van der Waals surface area contributed by atoms with Gasteiger partial charge in [-0.1, -0.05) is 47.3 Å². The van der Waals surface area contributed by atoms with Crippen molar-refractivity contribution in [3.05, 3.63) is 73.2 Å². The molecule has 4 aromatic rings. The molecule has 0 spiro atoms. The van der Waals surface area contributed by atoms with Crippen LogP contribution in [0.1, 0.15) is 0 Å². The van der Waals surface area contributed by atoms with E-state index in [4.69, 9.17) is 0 Å². The van der Waals surface area contributed by atoms with E-state index in [9.17, 15) is 0 Å². The summed E-state index contributed by atoms with van der Waals surface area (Å²) in [5.74, 6) is 0. The Labute approximate surface area is 131 Å². The number of aromatic nitrogens is 2. The summed E-state index contributed by atoms with van der Waals surface area (Å²) >= 11 is 0. The molecule has 0 aliphatic rings. The van der Waals surface area contributed by atoms with Gasteiger partial charge in [-0.3, -0.25) is 4.98 Å². The van der Waals surface area contributed by atoms with Crippen LogP contribution in [-0.2, 0) is 21.1 Å². The van der Waals surface area contributed by atoms with Crippen molar-refractivity contribution in [2.45, 2.75) is 0 Å². The maximum atomic E-state index is 4.41. The SMILES string of the molecule is [Pt].[c-]1ccc(-c2ccccc2)c2ccn3ccnc3c12. The summed E-state index contributed by atoms with van der Waals surface area (Å²) in [5.41, 5.74) is 3.40. The first-order chi connectivity index (χ1) is 9.43. The molecule has 0 amide bonds. The zero-order valence-corrected chi connectivity index (χ0v) is 12.8. The van der Waals surface area contributed by atoms with Crippen LogP contribution < -0.4 is 0 Å². The van der Waals surface area contributed by atoms with Crippen LogP contribution in [0.15, 0.2) is 67.1 Å². The van der Waals surface area contributed by atoms with E-state index in [1.807, 2.05) is 35.1 Å². The van der Waals surface area contributed by atoms with Gasteiger partial charge >= 0.3 is 0 Å². The predicted octanol–water partition coefficient (Wildman–Crippen LogP) is 3.95. The predicted molar refractivity (Wildman–Crippen MR) is 77.0 cm³/mol. The average molecular weight is 438 g/mol. The zero-order valence-electron chi connectivity index (χ0n) is 10.6. The van der Waals surface area contributed by atoms with Crippen molar-refractivity contribution in [3.63, 3.8) is 0 Å². The zero-order chi connectivity index (χ0) is 12.7. The smallest absolute Gasteiger partial charge is 0.0603 e. The Morgan fingerprint density at radius 3 is 2.65 bits per heavy atom. The maximum absolute atomic E-state index is 4.41. The van der Waals surface area contributed by atoms with Crippen LogP contribution in [-0.4, -0.2) is 9.38 Å². The number of nitrogens with zero attached hydrogens (tertiary/aromatic N) is 2. The molecule has 0 bridgehead atoms. The van der Waals surface area contributed by atoms with Crippen LogP contribution in [0.4, 0.5) is 0 Å². The largest absolute Gasteiger partial charge is 0.347 e. The first kappa shape index (κ1) is 13.1. The molecule has 4 rings (SSSR count). The van der Waals surface area contributed by atoms with E-state index < -0.39 is 0 Å². The van der Waals surface area contributed by atoms with Crippen molar-refractivity contribution in [1.29, 1.82) is 0 Å². The molecule has 0 radical (unpaired) electrons. The van der Waals surface area contributed by atoms with Gasteiger partial charge in [0.1, 0.15) is 0 Å². The third-order valence-electron chi connectivity index (χ3n) is 3.42. The fraction of sp³-hybridized carbons (Fsp3) is 0. The number of benzene rings is 2. The molecule has 100 valence electrons. The van der Waals surface area contributed by atoms with E-state index in [0.29, 0.717) is 0 Å². The molecular weight excluding hydrogens is 427 g/mol. The van der Waals surface area contributed by atoms with Gasteiger partial charge in [0.2, 0.25) is 0 Å². The van der Waals surface area contributed by atoms with Gasteiger partial charge in [0.15, 0.2) is 0 Å². The van der Waals surface area contributed by atoms with Crippen molar-refractivity contribution in [2.24, 2.45) is 0 Å². The molecule has 0 saturated heterocycles. The Kier molecular flexibility index (Phi) is 3.41. The molecule has 0 saturated carbocycles. The van der Waals surface area contributed by atoms with Gasteiger partial charge in [0, 0.05) is 33.5 Å². The third-order valence-corrected chi connectivity index (χ3v) is 3.42. The molecule has 2 nitrogen and oxygen atoms in total. The van der Waals surface area contributed by atoms with Gasteiger partial charge < -0.3 is 4.40 Å².